The standard InChI is InChI=1S/C8H14F3NO2S/c9-8(10,11)6-14-1-2-15(13)5-7-3-12-4-7/h7,12H,1-6H2. The fourth-order valence-corrected chi connectivity index (χ4v) is 2.38. The lowest BCUT2D eigenvalue weighted by molar-refractivity contribution is -0.172. The maximum atomic E-state index is 11.6. The number of ether oxygens (including phenoxy) is 1. The van der Waals surface area contributed by atoms with E-state index >= 15 is 0 Å². The zero-order valence-electron chi connectivity index (χ0n) is 8.18. The van der Waals surface area contributed by atoms with E-state index in [0.29, 0.717) is 11.7 Å². The first-order valence-electron chi connectivity index (χ1n) is 4.67. The van der Waals surface area contributed by atoms with Crippen molar-refractivity contribution in [3.05, 3.63) is 0 Å². The van der Waals surface area contributed by atoms with Gasteiger partial charge in [0.25, 0.3) is 0 Å². The second-order valence-corrected chi connectivity index (χ2v) is 5.12. The highest BCUT2D eigenvalue weighted by Crippen LogP contribution is 2.14. The molecule has 0 bridgehead atoms. The number of nitrogens with one attached hydrogen (secondary N) is 1. The van der Waals surface area contributed by atoms with Crippen LogP contribution in [0.3, 0.4) is 0 Å². The summed E-state index contributed by atoms with van der Waals surface area (Å²) in [6, 6.07) is 0. The Morgan fingerprint density at radius 1 is 1.40 bits per heavy atom. The van der Waals surface area contributed by atoms with Gasteiger partial charge in [0.2, 0.25) is 0 Å². The molecule has 1 N–H and O–H groups in total. The fourth-order valence-electron chi connectivity index (χ4n) is 1.15. The highest BCUT2D eigenvalue weighted by molar-refractivity contribution is 7.85. The van der Waals surface area contributed by atoms with Crippen molar-refractivity contribution in [2.24, 2.45) is 5.92 Å². The van der Waals surface area contributed by atoms with E-state index in [4.69, 9.17) is 0 Å². The minimum Gasteiger partial charge on any atom is -0.371 e. The van der Waals surface area contributed by atoms with Crippen molar-refractivity contribution < 1.29 is 22.1 Å². The minimum atomic E-state index is -4.29. The minimum absolute atomic E-state index is 0.0910. The van der Waals surface area contributed by atoms with Gasteiger partial charge < -0.3 is 10.1 Å². The average molecular weight is 245 g/mol. The van der Waals surface area contributed by atoms with Crippen LogP contribution in [0.2, 0.25) is 0 Å². The largest absolute Gasteiger partial charge is 0.411 e. The molecule has 7 heteroatoms. The summed E-state index contributed by atoms with van der Waals surface area (Å²) in [5, 5.41) is 3.04. The first-order valence-corrected chi connectivity index (χ1v) is 6.16. The Balaban J connectivity index is 1.97. The van der Waals surface area contributed by atoms with Crippen LogP contribution in [0.15, 0.2) is 0 Å². The molecular formula is C8H14F3NO2S. The third-order valence-electron chi connectivity index (χ3n) is 2.01. The summed E-state index contributed by atoms with van der Waals surface area (Å²) < 4.78 is 50.6. The molecule has 1 atom stereocenters. The van der Waals surface area contributed by atoms with Crippen molar-refractivity contribution in [2.75, 3.05) is 37.8 Å². The number of halogens is 3. The fraction of sp³-hybridized carbons (Fsp3) is 1.00. The van der Waals surface area contributed by atoms with Gasteiger partial charge in [0.15, 0.2) is 0 Å². The first kappa shape index (κ1) is 12.9. The molecule has 1 saturated heterocycles. The maximum absolute atomic E-state index is 11.6. The summed E-state index contributed by atoms with van der Waals surface area (Å²) in [5.41, 5.74) is 0. The van der Waals surface area contributed by atoms with Gasteiger partial charge in [0.05, 0.1) is 6.61 Å². The normalized spacial score (nSPS) is 19.9. The highest BCUT2D eigenvalue weighted by atomic mass is 32.2. The van der Waals surface area contributed by atoms with Crippen molar-refractivity contribution in [1.29, 1.82) is 0 Å². The molecule has 0 aromatic rings. The van der Waals surface area contributed by atoms with Crippen LogP contribution in [0.25, 0.3) is 0 Å². The predicted molar refractivity (Wildman–Crippen MR) is 51.1 cm³/mol. The van der Waals surface area contributed by atoms with Crippen LogP contribution in [0.5, 0.6) is 0 Å². The molecule has 1 rings (SSSR count). The predicted octanol–water partition coefficient (Wildman–Crippen LogP) is 0.533. The van der Waals surface area contributed by atoms with Crippen molar-refractivity contribution in [3.8, 4) is 0 Å². The van der Waals surface area contributed by atoms with E-state index in [9.17, 15) is 17.4 Å². The molecule has 3 nitrogen and oxygen atoms in total. The average Bonchev–Trinajstić information content (AvgIpc) is 2.04. The summed E-state index contributed by atoms with van der Waals surface area (Å²) in [4.78, 5) is 0. The van der Waals surface area contributed by atoms with E-state index in [2.05, 4.69) is 10.1 Å². The zero-order chi connectivity index (χ0) is 11.3. The molecule has 1 aliphatic heterocycles. The van der Waals surface area contributed by atoms with E-state index in [1.54, 1.807) is 0 Å². The molecule has 0 amide bonds. The van der Waals surface area contributed by atoms with Gasteiger partial charge in [-0.05, 0) is 5.92 Å². The molecule has 90 valence electrons. The summed E-state index contributed by atoms with van der Waals surface area (Å²) in [5.74, 6) is 1.16. The van der Waals surface area contributed by atoms with Gasteiger partial charge in [-0.1, -0.05) is 0 Å². The lowest BCUT2D eigenvalue weighted by atomic mass is 10.1. The van der Waals surface area contributed by atoms with E-state index in [0.717, 1.165) is 13.1 Å². The molecule has 0 aromatic carbocycles. The van der Waals surface area contributed by atoms with Crippen LogP contribution in [-0.4, -0.2) is 48.2 Å². The molecule has 0 saturated carbocycles. The molecule has 0 spiro atoms. The third kappa shape index (κ3) is 6.11. The van der Waals surface area contributed by atoms with Crippen molar-refractivity contribution in [3.63, 3.8) is 0 Å². The zero-order valence-corrected chi connectivity index (χ0v) is 9.00. The van der Waals surface area contributed by atoms with Gasteiger partial charge in [-0.15, -0.1) is 0 Å². The van der Waals surface area contributed by atoms with E-state index in [1.165, 1.54) is 0 Å². The Kier molecular flexibility index (Phi) is 5.01. The van der Waals surface area contributed by atoms with Gasteiger partial charge in [-0.25, -0.2) is 0 Å². The highest BCUT2D eigenvalue weighted by Gasteiger charge is 2.27. The van der Waals surface area contributed by atoms with Crippen molar-refractivity contribution in [2.45, 2.75) is 6.18 Å². The van der Waals surface area contributed by atoms with E-state index in [1.807, 2.05) is 0 Å². The smallest absolute Gasteiger partial charge is 0.371 e. The Labute approximate surface area is 88.8 Å². The van der Waals surface area contributed by atoms with Crippen LogP contribution >= 0.6 is 0 Å². The molecule has 1 fully saturated rings. The third-order valence-corrected chi connectivity index (χ3v) is 3.47. The van der Waals surface area contributed by atoms with E-state index in [-0.39, 0.29) is 12.4 Å². The van der Waals surface area contributed by atoms with Crippen LogP contribution in [0.4, 0.5) is 13.2 Å². The van der Waals surface area contributed by atoms with Gasteiger partial charge in [0, 0.05) is 35.4 Å². The summed E-state index contributed by atoms with van der Waals surface area (Å²) in [6.45, 7) is 0.367. The SMILES string of the molecule is O=S(CCOCC(F)(F)F)CC1CNC1. The summed E-state index contributed by atoms with van der Waals surface area (Å²) in [7, 11) is -1.06. The monoisotopic (exact) mass is 245 g/mol. The van der Waals surface area contributed by atoms with Crippen molar-refractivity contribution in [1.82, 2.24) is 5.32 Å². The van der Waals surface area contributed by atoms with Crippen molar-refractivity contribution >= 4 is 10.8 Å². The molecular weight excluding hydrogens is 231 g/mol. The second kappa shape index (κ2) is 5.81. The Morgan fingerprint density at radius 3 is 2.53 bits per heavy atom. The van der Waals surface area contributed by atoms with Gasteiger partial charge in [-0.3, -0.25) is 4.21 Å². The molecule has 1 aliphatic rings. The lowest BCUT2D eigenvalue weighted by Gasteiger charge is -2.26. The van der Waals surface area contributed by atoms with E-state index < -0.39 is 23.6 Å². The van der Waals surface area contributed by atoms with Gasteiger partial charge >= 0.3 is 6.18 Å². The Hall–Kier alpha value is -0.140. The quantitative estimate of drug-likeness (QED) is 0.694. The number of alkyl halides is 3. The van der Waals surface area contributed by atoms with Crippen LogP contribution in [-0.2, 0) is 15.5 Å². The van der Waals surface area contributed by atoms with Gasteiger partial charge in [0.1, 0.15) is 6.61 Å². The topological polar surface area (TPSA) is 38.3 Å². The number of hydrogen-bond acceptors (Lipinski definition) is 3. The number of hydrogen-bond donors (Lipinski definition) is 1. The lowest BCUT2D eigenvalue weighted by Crippen LogP contribution is -2.45. The van der Waals surface area contributed by atoms with Crippen LogP contribution in [0, 0.1) is 5.92 Å². The van der Waals surface area contributed by atoms with Crippen LogP contribution < -0.4 is 5.32 Å². The molecule has 0 aromatic heterocycles. The molecule has 0 radical (unpaired) electrons. The van der Waals surface area contributed by atoms with Gasteiger partial charge in [-0.2, -0.15) is 13.2 Å². The first-order chi connectivity index (χ1) is 6.97. The second-order valence-electron chi connectivity index (χ2n) is 3.50. The van der Waals surface area contributed by atoms with Crippen LogP contribution in [0.1, 0.15) is 0 Å². The summed E-state index contributed by atoms with van der Waals surface area (Å²) >= 11 is 0. The maximum Gasteiger partial charge on any atom is 0.411 e. The Morgan fingerprint density at radius 2 is 2.07 bits per heavy atom. The Bertz CT molecular complexity index is 218. The summed E-state index contributed by atoms with van der Waals surface area (Å²) in [6.07, 6.45) is -4.29. The molecule has 1 unspecified atom stereocenters. The number of rotatable bonds is 6. The molecule has 0 aliphatic carbocycles. The molecule has 15 heavy (non-hydrogen) atoms. The molecule has 1 heterocycles.